The lowest BCUT2D eigenvalue weighted by Gasteiger charge is -2.01. The van der Waals surface area contributed by atoms with Gasteiger partial charge in [-0.25, -0.2) is 0 Å². The molecule has 0 unspecified atom stereocenters. The van der Waals surface area contributed by atoms with Crippen molar-refractivity contribution in [3.8, 4) is 0 Å². The molecule has 0 spiro atoms. The molecule has 1 aromatic heterocycles. The quantitative estimate of drug-likeness (QED) is 0.483. The maximum atomic E-state index is 2.41. The van der Waals surface area contributed by atoms with E-state index in [0.29, 0.717) is 33.2 Å². The minimum absolute atomic E-state index is 0.536. The van der Waals surface area contributed by atoms with E-state index in [4.69, 9.17) is 0 Å². The molecule has 0 atom stereocenters. The van der Waals surface area contributed by atoms with Gasteiger partial charge < -0.3 is 0 Å². The highest BCUT2D eigenvalue weighted by Crippen LogP contribution is 2.43. The molecule has 0 N–H and O–H groups in total. The minimum Gasteiger partial charge on any atom is -0.0776 e. The number of halogens is 2. The standard InChI is InChI=1S/C4H2I2S2/c1-2-5-6-4-3(1)7-8-4/h1-2H. The topological polar surface area (TPSA) is 0 Å². The molecule has 4 heteroatoms. The molecule has 0 aromatic carbocycles. The third-order valence-electron chi connectivity index (χ3n) is 0.766. The summed E-state index contributed by atoms with van der Waals surface area (Å²) >= 11 is 1.08. The lowest BCUT2D eigenvalue weighted by atomic mass is 10.6. The fourth-order valence-corrected chi connectivity index (χ4v) is 17.1. The summed E-state index contributed by atoms with van der Waals surface area (Å²) in [6, 6.07) is 0. The van der Waals surface area contributed by atoms with Gasteiger partial charge in [-0.3, -0.25) is 0 Å². The molecule has 0 aliphatic carbocycles. The van der Waals surface area contributed by atoms with Gasteiger partial charge >= 0.3 is 0 Å². The predicted octanol–water partition coefficient (Wildman–Crippen LogP) is 3.82. The Morgan fingerprint density at radius 1 is 1.38 bits per heavy atom. The van der Waals surface area contributed by atoms with Crippen LogP contribution in [0.1, 0.15) is 4.88 Å². The number of hydrogen-bond acceptors (Lipinski definition) is 2. The summed E-state index contributed by atoms with van der Waals surface area (Å²) < 4.78 is 4.18. The summed E-state index contributed by atoms with van der Waals surface area (Å²) in [5.74, 6) is 0. The Hall–Kier alpha value is 1.38. The Labute approximate surface area is 70.7 Å². The maximum absolute atomic E-state index is 2.41. The first-order valence-electron chi connectivity index (χ1n) is 2.00. The summed E-state index contributed by atoms with van der Waals surface area (Å²) in [7, 11) is 3.95. The zero-order chi connectivity index (χ0) is 5.40. The molecule has 0 amide bonds. The molecule has 2 heterocycles. The predicted molar refractivity (Wildman–Crippen MR) is 58.0 cm³/mol. The van der Waals surface area contributed by atoms with Crippen LogP contribution in [0.15, 0.2) is 4.08 Å². The number of rotatable bonds is 0. The van der Waals surface area contributed by atoms with Gasteiger partial charge in [0, 0.05) is 0 Å². The summed E-state index contributed by atoms with van der Waals surface area (Å²) in [5.41, 5.74) is 0. The largest absolute Gasteiger partial charge is 0.0939 e. The van der Waals surface area contributed by atoms with Crippen LogP contribution in [0.4, 0.5) is 0 Å². The average molecular weight is 368 g/mol. The van der Waals surface area contributed by atoms with Crippen LogP contribution in [-0.4, -0.2) is 0 Å². The van der Waals surface area contributed by atoms with Gasteiger partial charge in [0.2, 0.25) is 0 Å². The van der Waals surface area contributed by atoms with Crippen LogP contribution in [0.3, 0.4) is 0 Å². The van der Waals surface area contributed by atoms with Crippen LogP contribution in [0.2, 0.25) is 0 Å². The summed E-state index contributed by atoms with van der Waals surface area (Å²) in [6.45, 7) is 0. The smallest absolute Gasteiger partial charge is 0.0776 e. The molecule has 0 nitrogen and oxygen atoms in total. The average Bonchev–Trinajstić information content (AvgIpc) is 1.72. The van der Waals surface area contributed by atoms with Gasteiger partial charge in [0.25, 0.3) is 0 Å². The first-order chi connectivity index (χ1) is 3.97. The van der Waals surface area contributed by atoms with Gasteiger partial charge in [-0.1, -0.05) is 37.3 Å². The SMILES string of the molecule is C1=Cc2ssc2I=I1. The highest BCUT2D eigenvalue weighted by atomic mass is 128. The fourth-order valence-electron chi connectivity index (χ4n) is 0.404. The maximum Gasteiger partial charge on any atom is 0.0939 e. The zero-order valence-electron chi connectivity index (χ0n) is 3.73. The van der Waals surface area contributed by atoms with Gasteiger partial charge in [-0.05, 0) is 26.8 Å². The van der Waals surface area contributed by atoms with Crippen molar-refractivity contribution in [1.29, 1.82) is 0 Å². The van der Waals surface area contributed by atoms with E-state index < -0.39 is 0 Å². The van der Waals surface area contributed by atoms with Crippen LogP contribution in [-0.2, 0) is 0 Å². The molecule has 1 aromatic rings. The van der Waals surface area contributed by atoms with E-state index in [2.05, 4.69) is 10.2 Å². The van der Waals surface area contributed by atoms with E-state index in [-0.39, 0.29) is 0 Å². The van der Waals surface area contributed by atoms with E-state index in [9.17, 15) is 0 Å². The lowest BCUT2D eigenvalue weighted by Crippen LogP contribution is -1.73. The van der Waals surface area contributed by atoms with Crippen LogP contribution in [0.25, 0.3) is 6.08 Å². The van der Waals surface area contributed by atoms with Crippen molar-refractivity contribution in [2.24, 2.45) is 0 Å². The van der Waals surface area contributed by atoms with Crippen LogP contribution < -0.4 is 0 Å². The van der Waals surface area contributed by atoms with E-state index in [0.717, 1.165) is 0 Å². The number of hydrogen-bond donors (Lipinski definition) is 0. The second-order valence-electron chi connectivity index (χ2n) is 1.25. The normalized spacial score (nSPS) is 16.5. The van der Waals surface area contributed by atoms with Gasteiger partial charge in [0.05, 0.1) is 7.76 Å². The van der Waals surface area contributed by atoms with E-state index in [1.165, 1.54) is 0 Å². The monoisotopic (exact) mass is 368 g/mol. The molecule has 0 bridgehead atoms. The molecule has 0 saturated heterocycles. The van der Waals surface area contributed by atoms with Crippen molar-refractivity contribution < 1.29 is 0 Å². The highest BCUT2D eigenvalue weighted by Gasteiger charge is 2.04. The van der Waals surface area contributed by atoms with Crippen molar-refractivity contribution in [2.75, 3.05) is 0 Å². The minimum atomic E-state index is 0.536. The van der Waals surface area contributed by atoms with Crippen LogP contribution in [0, 0.1) is 2.88 Å². The molecule has 1 aliphatic rings. The molecule has 1 aliphatic heterocycles. The van der Waals surface area contributed by atoms with Crippen molar-refractivity contribution in [3.63, 3.8) is 0 Å². The molecule has 44 valence electrons. The molecule has 0 radical (unpaired) electrons. The van der Waals surface area contributed by atoms with Crippen molar-refractivity contribution in [2.45, 2.75) is 0 Å². The molecular weight excluding hydrogens is 366 g/mol. The first kappa shape index (κ1) is 6.11. The van der Waals surface area contributed by atoms with Crippen molar-refractivity contribution in [3.05, 3.63) is 11.8 Å². The van der Waals surface area contributed by atoms with Gasteiger partial charge in [-0.15, -0.1) is 0 Å². The van der Waals surface area contributed by atoms with E-state index in [1.807, 2.05) is 20.7 Å². The van der Waals surface area contributed by atoms with Crippen molar-refractivity contribution >= 4 is 59.9 Å². The number of fused-ring (bicyclic) bond motifs is 1. The zero-order valence-corrected chi connectivity index (χ0v) is 9.68. The molecular formula is C4H2I2S2. The summed E-state index contributed by atoms with van der Waals surface area (Å²) in [6.07, 6.45) is 2.31. The third-order valence-corrected chi connectivity index (χ3v) is 15.4. The van der Waals surface area contributed by atoms with Crippen LogP contribution >= 0.6 is 53.9 Å². The summed E-state index contributed by atoms with van der Waals surface area (Å²) in [5, 5.41) is 0. The Morgan fingerprint density at radius 3 is 2.75 bits per heavy atom. The van der Waals surface area contributed by atoms with E-state index in [1.54, 1.807) is 7.76 Å². The molecule has 8 heavy (non-hydrogen) atoms. The second-order valence-corrected chi connectivity index (χ2v) is 12.7. The lowest BCUT2D eigenvalue weighted by molar-refractivity contribution is 2.02. The van der Waals surface area contributed by atoms with Crippen molar-refractivity contribution in [1.82, 2.24) is 0 Å². The van der Waals surface area contributed by atoms with Gasteiger partial charge in [0.15, 0.2) is 0 Å². The van der Waals surface area contributed by atoms with E-state index >= 15 is 0 Å². The Bertz CT molecular complexity index is 217. The highest BCUT2D eigenvalue weighted by molar-refractivity contribution is 14.8. The Kier molecular flexibility index (Phi) is 1.95. The Morgan fingerprint density at radius 2 is 2.38 bits per heavy atom. The Balaban J connectivity index is 2.58. The second kappa shape index (κ2) is 2.55. The molecule has 0 saturated carbocycles. The molecule has 0 fully saturated rings. The van der Waals surface area contributed by atoms with Gasteiger partial charge in [0.1, 0.15) is 0 Å². The fraction of sp³-hybridized carbons (Fsp3) is 0. The third kappa shape index (κ3) is 0.994. The molecule has 2 rings (SSSR count). The van der Waals surface area contributed by atoms with Gasteiger partial charge in [-0.2, -0.15) is 0 Å². The summed E-state index contributed by atoms with van der Waals surface area (Å²) in [4.78, 5) is 1.59. The van der Waals surface area contributed by atoms with Crippen LogP contribution in [0.5, 0.6) is 0 Å². The first-order valence-corrected chi connectivity index (χ1v) is 12.8.